The van der Waals surface area contributed by atoms with Crippen molar-refractivity contribution < 1.29 is 0 Å². The molecule has 0 nitrogen and oxygen atoms in total. The predicted octanol–water partition coefficient (Wildman–Crippen LogP) is 4.27. The molecular weight excluding hydrogens is 283 g/mol. The van der Waals surface area contributed by atoms with Crippen LogP contribution in [0.4, 0.5) is 0 Å². The summed E-state index contributed by atoms with van der Waals surface area (Å²) in [7, 11) is 0. The van der Waals surface area contributed by atoms with Crippen molar-refractivity contribution >= 4 is 22.6 Å². The Hall–Kier alpha value is -0.830. The van der Waals surface area contributed by atoms with Crippen molar-refractivity contribution in [1.82, 2.24) is 0 Å². The highest BCUT2D eigenvalue weighted by Gasteiger charge is 2.00. The summed E-state index contributed by atoms with van der Waals surface area (Å²) in [4.78, 5) is 0. The Bertz CT molecular complexity index is 432. The molecule has 70 valence electrons. The number of hydrogen-bond donors (Lipinski definition) is 0. The van der Waals surface area contributed by atoms with Gasteiger partial charge in [-0.2, -0.15) is 0 Å². The first-order valence-corrected chi connectivity index (χ1v) is 5.67. The number of hydrogen-bond acceptors (Lipinski definition) is 0. The second-order valence-electron chi connectivity index (χ2n) is 3.33. The van der Waals surface area contributed by atoms with Crippen molar-refractivity contribution in [2.24, 2.45) is 0 Å². The lowest BCUT2D eigenvalue weighted by molar-refractivity contribution is 1.44. The van der Waals surface area contributed by atoms with Crippen LogP contribution in [0.15, 0.2) is 48.5 Å². The van der Waals surface area contributed by atoms with Gasteiger partial charge in [0.1, 0.15) is 0 Å². The Balaban J connectivity index is 2.57. The van der Waals surface area contributed by atoms with Crippen molar-refractivity contribution in [3.63, 3.8) is 0 Å². The number of rotatable bonds is 1. The van der Waals surface area contributed by atoms with E-state index in [1.165, 1.54) is 20.3 Å². The zero-order valence-electron chi connectivity index (χ0n) is 8.00. The van der Waals surface area contributed by atoms with Gasteiger partial charge in [0.15, 0.2) is 0 Å². The molecular formula is C13H11I. The first-order chi connectivity index (χ1) is 6.77. The van der Waals surface area contributed by atoms with Gasteiger partial charge in [0.2, 0.25) is 0 Å². The van der Waals surface area contributed by atoms with E-state index < -0.39 is 0 Å². The molecule has 0 fully saturated rings. The molecule has 0 amide bonds. The van der Waals surface area contributed by atoms with Crippen LogP contribution in [0.5, 0.6) is 0 Å². The first-order valence-electron chi connectivity index (χ1n) is 4.59. The molecule has 0 aliphatic carbocycles. The normalized spacial score (nSPS) is 10.1. The summed E-state index contributed by atoms with van der Waals surface area (Å²) in [5.41, 5.74) is 3.96. The third-order valence-corrected chi connectivity index (χ3v) is 2.96. The zero-order valence-corrected chi connectivity index (χ0v) is 10.2. The second kappa shape index (κ2) is 4.13. The Morgan fingerprint density at radius 3 is 2.36 bits per heavy atom. The lowest BCUT2D eigenvalue weighted by atomic mass is 10.0. The highest BCUT2D eigenvalue weighted by molar-refractivity contribution is 14.1. The molecule has 0 aromatic heterocycles. The maximum Gasteiger partial charge on any atom is 0.0136 e. The van der Waals surface area contributed by atoms with E-state index in [1.54, 1.807) is 0 Å². The van der Waals surface area contributed by atoms with Crippen molar-refractivity contribution in [2.75, 3.05) is 0 Å². The smallest absolute Gasteiger partial charge is 0.0136 e. The summed E-state index contributed by atoms with van der Waals surface area (Å²) in [6, 6.07) is 17.0. The Labute approximate surface area is 98.1 Å². The molecule has 0 unspecified atom stereocenters. The van der Waals surface area contributed by atoms with Crippen LogP contribution >= 0.6 is 22.6 Å². The molecule has 0 aliphatic rings. The summed E-state index contributed by atoms with van der Waals surface area (Å²) >= 11 is 2.35. The molecule has 0 saturated carbocycles. The lowest BCUT2D eigenvalue weighted by Gasteiger charge is -2.06. The zero-order chi connectivity index (χ0) is 9.97. The minimum Gasteiger partial charge on any atom is -0.0622 e. The van der Waals surface area contributed by atoms with E-state index in [0.29, 0.717) is 0 Å². The monoisotopic (exact) mass is 294 g/mol. The fourth-order valence-electron chi connectivity index (χ4n) is 1.52. The SMILES string of the molecule is Cc1ccc(I)cc1-c1ccccc1. The number of aryl methyl sites for hydroxylation is 1. The summed E-state index contributed by atoms with van der Waals surface area (Å²) in [5.74, 6) is 0. The summed E-state index contributed by atoms with van der Waals surface area (Å²) in [6.07, 6.45) is 0. The van der Waals surface area contributed by atoms with Gasteiger partial charge in [0.05, 0.1) is 0 Å². The summed E-state index contributed by atoms with van der Waals surface area (Å²) in [5, 5.41) is 0. The van der Waals surface area contributed by atoms with Gasteiger partial charge in [-0.3, -0.25) is 0 Å². The standard InChI is InChI=1S/C13H11I/c1-10-7-8-12(14)9-13(10)11-5-3-2-4-6-11/h2-9H,1H3. The lowest BCUT2D eigenvalue weighted by Crippen LogP contribution is -1.83. The molecule has 0 radical (unpaired) electrons. The number of halogens is 1. The largest absolute Gasteiger partial charge is 0.0622 e. The molecule has 0 heterocycles. The van der Waals surface area contributed by atoms with E-state index in [4.69, 9.17) is 0 Å². The summed E-state index contributed by atoms with van der Waals surface area (Å²) in [6.45, 7) is 2.15. The average molecular weight is 294 g/mol. The third kappa shape index (κ3) is 1.98. The molecule has 14 heavy (non-hydrogen) atoms. The predicted molar refractivity (Wildman–Crippen MR) is 69.3 cm³/mol. The van der Waals surface area contributed by atoms with Crippen molar-refractivity contribution in [1.29, 1.82) is 0 Å². The van der Waals surface area contributed by atoms with E-state index in [-0.39, 0.29) is 0 Å². The van der Waals surface area contributed by atoms with Gasteiger partial charge in [-0.1, -0.05) is 36.4 Å². The molecule has 2 aromatic rings. The van der Waals surface area contributed by atoms with Crippen LogP contribution in [0.25, 0.3) is 11.1 Å². The van der Waals surface area contributed by atoms with Crippen LogP contribution in [0.3, 0.4) is 0 Å². The minimum atomic E-state index is 1.28. The van der Waals surface area contributed by atoms with E-state index in [1.807, 2.05) is 6.07 Å². The fraction of sp³-hybridized carbons (Fsp3) is 0.0769. The van der Waals surface area contributed by atoms with E-state index in [0.717, 1.165) is 0 Å². The van der Waals surface area contributed by atoms with Gasteiger partial charge < -0.3 is 0 Å². The molecule has 0 N–H and O–H groups in total. The van der Waals surface area contributed by atoms with Gasteiger partial charge in [0, 0.05) is 3.57 Å². The topological polar surface area (TPSA) is 0 Å². The molecule has 0 aliphatic heterocycles. The van der Waals surface area contributed by atoms with Crippen LogP contribution in [0.2, 0.25) is 0 Å². The Morgan fingerprint density at radius 1 is 0.929 bits per heavy atom. The van der Waals surface area contributed by atoms with Gasteiger partial charge in [-0.25, -0.2) is 0 Å². The maximum atomic E-state index is 2.35. The van der Waals surface area contributed by atoms with Gasteiger partial charge in [0.25, 0.3) is 0 Å². The number of benzene rings is 2. The van der Waals surface area contributed by atoms with E-state index in [9.17, 15) is 0 Å². The second-order valence-corrected chi connectivity index (χ2v) is 4.57. The van der Waals surface area contributed by atoms with Crippen LogP contribution in [-0.4, -0.2) is 0 Å². The van der Waals surface area contributed by atoms with Crippen LogP contribution in [0.1, 0.15) is 5.56 Å². The molecule has 1 heteroatoms. The quantitative estimate of drug-likeness (QED) is 0.689. The average Bonchev–Trinajstić information content (AvgIpc) is 2.23. The third-order valence-electron chi connectivity index (χ3n) is 2.28. The van der Waals surface area contributed by atoms with Gasteiger partial charge in [-0.05, 0) is 58.3 Å². The van der Waals surface area contributed by atoms with Gasteiger partial charge in [-0.15, -0.1) is 0 Å². The van der Waals surface area contributed by atoms with Gasteiger partial charge >= 0.3 is 0 Å². The van der Waals surface area contributed by atoms with Crippen LogP contribution in [-0.2, 0) is 0 Å². The fourth-order valence-corrected chi connectivity index (χ4v) is 2.01. The van der Waals surface area contributed by atoms with Crippen LogP contribution in [0, 0.1) is 10.5 Å². The van der Waals surface area contributed by atoms with Crippen LogP contribution < -0.4 is 0 Å². The summed E-state index contributed by atoms with van der Waals surface area (Å²) < 4.78 is 1.28. The molecule has 0 bridgehead atoms. The Morgan fingerprint density at radius 2 is 1.64 bits per heavy atom. The molecule has 0 spiro atoms. The minimum absolute atomic E-state index is 1.28. The van der Waals surface area contributed by atoms with Crippen molar-refractivity contribution in [3.8, 4) is 11.1 Å². The molecule has 2 rings (SSSR count). The van der Waals surface area contributed by atoms with E-state index >= 15 is 0 Å². The molecule has 0 saturated heterocycles. The highest BCUT2D eigenvalue weighted by Crippen LogP contribution is 2.24. The first kappa shape index (κ1) is 9.71. The Kier molecular flexibility index (Phi) is 2.87. The van der Waals surface area contributed by atoms with E-state index in [2.05, 4.69) is 72.0 Å². The molecule has 0 atom stereocenters. The highest BCUT2D eigenvalue weighted by atomic mass is 127. The van der Waals surface area contributed by atoms with Crippen molar-refractivity contribution in [2.45, 2.75) is 6.92 Å². The maximum absolute atomic E-state index is 2.35. The van der Waals surface area contributed by atoms with Crippen molar-refractivity contribution in [3.05, 3.63) is 57.7 Å². The molecule has 2 aromatic carbocycles.